The number of anilines is 1. The summed E-state index contributed by atoms with van der Waals surface area (Å²) < 4.78 is 58.4. The summed E-state index contributed by atoms with van der Waals surface area (Å²) in [6.45, 7) is 3.06. The van der Waals surface area contributed by atoms with E-state index in [1.54, 1.807) is 48.9 Å². The highest BCUT2D eigenvalue weighted by molar-refractivity contribution is 5.50. The lowest BCUT2D eigenvalue weighted by molar-refractivity contribution is -0.138. The van der Waals surface area contributed by atoms with Crippen LogP contribution >= 0.6 is 0 Å². The molecule has 43 heavy (non-hydrogen) atoms. The predicted octanol–water partition coefficient (Wildman–Crippen LogP) is 3.34. The normalized spacial score (nSPS) is 15.1. The van der Waals surface area contributed by atoms with Crippen LogP contribution in [0.1, 0.15) is 34.1 Å². The second-order valence-corrected chi connectivity index (χ2v) is 10.5. The van der Waals surface area contributed by atoms with Gasteiger partial charge in [0.25, 0.3) is 5.56 Å². The highest BCUT2D eigenvalue weighted by atomic mass is 19.4. The van der Waals surface area contributed by atoms with Gasteiger partial charge < -0.3 is 10.6 Å². The Kier molecular flexibility index (Phi) is 8.74. The second kappa shape index (κ2) is 12.5. The summed E-state index contributed by atoms with van der Waals surface area (Å²) in [6.07, 6.45) is 0.0354. The maximum atomic E-state index is 14.9. The third-order valence-electron chi connectivity index (χ3n) is 7.70. The minimum Gasteiger partial charge on any atom is -0.363 e. The van der Waals surface area contributed by atoms with Crippen LogP contribution in [0.3, 0.4) is 0 Å². The van der Waals surface area contributed by atoms with E-state index in [9.17, 15) is 27.2 Å². The van der Waals surface area contributed by atoms with Gasteiger partial charge in [0, 0.05) is 68.6 Å². The Morgan fingerprint density at radius 3 is 2.30 bits per heavy atom. The average molecular weight is 598 g/mol. The molecular formula is C30H31F4N7O2. The molecule has 0 saturated carbocycles. The van der Waals surface area contributed by atoms with Crippen LogP contribution in [0, 0.1) is 12.7 Å². The Balaban J connectivity index is 1.55. The quantitative estimate of drug-likeness (QED) is 0.311. The van der Waals surface area contributed by atoms with Gasteiger partial charge >= 0.3 is 11.9 Å². The monoisotopic (exact) mass is 597 g/mol. The SMILES string of the molecule is Cc1c(N2CCN(Cc3cnccn3)CC2)c(=O)n(C[C@H](N)c2ccccc2)c(=O)n1Cc1c(F)cccc1C(F)(F)F. The van der Waals surface area contributed by atoms with Crippen molar-refractivity contribution in [3.05, 3.63) is 122 Å². The Labute approximate surface area is 244 Å². The lowest BCUT2D eigenvalue weighted by atomic mass is 10.1. The van der Waals surface area contributed by atoms with Crippen molar-refractivity contribution < 1.29 is 17.6 Å². The highest BCUT2D eigenvalue weighted by Crippen LogP contribution is 2.33. The summed E-state index contributed by atoms with van der Waals surface area (Å²) in [5.41, 5.74) is 4.84. The number of halogens is 4. The van der Waals surface area contributed by atoms with E-state index in [0.29, 0.717) is 38.3 Å². The molecule has 1 saturated heterocycles. The van der Waals surface area contributed by atoms with Gasteiger partial charge in [-0.25, -0.2) is 9.18 Å². The van der Waals surface area contributed by atoms with E-state index >= 15 is 0 Å². The molecule has 0 spiro atoms. The van der Waals surface area contributed by atoms with Crippen LogP contribution in [0.5, 0.6) is 0 Å². The van der Waals surface area contributed by atoms with Crippen molar-refractivity contribution in [2.75, 3.05) is 31.1 Å². The number of piperazine rings is 1. The zero-order valence-corrected chi connectivity index (χ0v) is 23.5. The van der Waals surface area contributed by atoms with E-state index in [1.165, 1.54) is 6.92 Å². The van der Waals surface area contributed by atoms with Crippen molar-refractivity contribution in [2.45, 2.75) is 38.8 Å². The number of nitrogens with two attached hydrogens (primary N) is 1. The van der Waals surface area contributed by atoms with Crippen molar-refractivity contribution in [2.24, 2.45) is 5.73 Å². The lowest BCUT2D eigenvalue weighted by Gasteiger charge is -2.36. The van der Waals surface area contributed by atoms with Gasteiger partial charge in [-0.3, -0.25) is 28.8 Å². The first-order chi connectivity index (χ1) is 20.5. The molecular weight excluding hydrogens is 566 g/mol. The molecule has 226 valence electrons. The summed E-state index contributed by atoms with van der Waals surface area (Å²) in [6, 6.07) is 10.8. The van der Waals surface area contributed by atoms with Gasteiger partial charge in [-0.15, -0.1) is 0 Å². The largest absolute Gasteiger partial charge is 0.416 e. The van der Waals surface area contributed by atoms with E-state index < -0.39 is 47.0 Å². The number of benzene rings is 2. The molecule has 0 amide bonds. The Morgan fingerprint density at radius 2 is 1.65 bits per heavy atom. The Bertz CT molecular complexity index is 1680. The minimum atomic E-state index is -4.85. The molecule has 13 heteroatoms. The van der Waals surface area contributed by atoms with E-state index in [4.69, 9.17) is 5.73 Å². The molecule has 1 atom stereocenters. The third kappa shape index (κ3) is 6.52. The molecule has 3 heterocycles. The summed E-state index contributed by atoms with van der Waals surface area (Å²) >= 11 is 0. The zero-order valence-electron chi connectivity index (χ0n) is 23.5. The van der Waals surface area contributed by atoms with Gasteiger partial charge in [-0.2, -0.15) is 13.2 Å². The zero-order chi connectivity index (χ0) is 30.7. The van der Waals surface area contributed by atoms with Crippen LogP contribution < -0.4 is 21.9 Å². The fraction of sp³-hybridized carbons (Fsp3) is 0.333. The molecule has 1 fully saturated rings. The first-order valence-corrected chi connectivity index (χ1v) is 13.8. The summed E-state index contributed by atoms with van der Waals surface area (Å²) in [5, 5.41) is 0. The van der Waals surface area contributed by atoms with Crippen molar-refractivity contribution in [1.82, 2.24) is 24.0 Å². The van der Waals surface area contributed by atoms with Gasteiger partial charge in [0.15, 0.2) is 0 Å². The minimum absolute atomic E-state index is 0.151. The van der Waals surface area contributed by atoms with Crippen molar-refractivity contribution >= 4 is 5.69 Å². The smallest absolute Gasteiger partial charge is 0.363 e. The van der Waals surface area contributed by atoms with Crippen LogP contribution in [0.25, 0.3) is 0 Å². The molecule has 0 unspecified atom stereocenters. The van der Waals surface area contributed by atoms with Crippen molar-refractivity contribution in [1.29, 1.82) is 0 Å². The molecule has 5 rings (SSSR count). The van der Waals surface area contributed by atoms with Crippen molar-refractivity contribution in [3.8, 4) is 0 Å². The summed E-state index contributed by atoms with van der Waals surface area (Å²) in [4.78, 5) is 40.0. The number of hydrogen-bond donors (Lipinski definition) is 1. The van der Waals surface area contributed by atoms with Gasteiger partial charge in [0.2, 0.25) is 0 Å². The molecule has 9 nitrogen and oxygen atoms in total. The van der Waals surface area contributed by atoms with E-state index in [-0.39, 0.29) is 17.9 Å². The Hall–Kier alpha value is -4.36. The maximum Gasteiger partial charge on any atom is 0.416 e. The molecule has 0 aliphatic carbocycles. The van der Waals surface area contributed by atoms with Crippen LogP contribution in [-0.4, -0.2) is 50.2 Å². The van der Waals surface area contributed by atoms with Gasteiger partial charge in [0.1, 0.15) is 11.5 Å². The predicted molar refractivity (Wildman–Crippen MR) is 153 cm³/mol. The number of aromatic nitrogens is 4. The van der Waals surface area contributed by atoms with Gasteiger partial charge in [-0.1, -0.05) is 36.4 Å². The average Bonchev–Trinajstić information content (AvgIpc) is 2.99. The topological polar surface area (TPSA) is 102 Å². The summed E-state index contributed by atoms with van der Waals surface area (Å²) in [7, 11) is 0. The summed E-state index contributed by atoms with van der Waals surface area (Å²) in [5.74, 6) is -1.10. The van der Waals surface area contributed by atoms with Crippen LogP contribution in [0.15, 0.2) is 76.7 Å². The first kappa shape index (κ1) is 30.1. The van der Waals surface area contributed by atoms with E-state index in [2.05, 4.69) is 14.9 Å². The number of nitrogens with zero attached hydrogens (tertiary/aromatic N) is 6. The third-order valence-corrected chi connectivity index (χ3v) is 7.70. The molecule has 2 N–H and O–H groups in total. The Morgan fingerprint density at radius 1 is 0.930 bits per heavy atom. The first-order valence-electron chi connectivity index (χ1n) is 13.8. The number of alkyl halides is 3. The second-order valence-electron chi connectivity index (χ2n) is 10.5. The van der Waals surface area contributed by atoms with E-state index in [0.717, 1.165) is 33.0 Å². The van der Waals surface area contributed by atoms with Crippen molar-refractivity contribution in [3.63, 3.8) is 0 Å². The molecule has 1 aliphatic heterocycles. The van der Waals surface area contributed by atoms with Crippen LogP contribution in [0.4, 0.5) is 23.2 Å². The number of hydrogen-bond acceptors (Lipinski definition) is 7. The fourth-order valence-corrected chi connectivity index (χ4v) is 5.41. The highest BCUT2D eigenvalue weighted by Gasteiger charge is 2.35. The molecule has 0 radical (unpaired) electrons. The van der Waals surface area contributed by atoms with E-state index in [1.807, 2.05) is 4.90 Å². The molecule has 4 aromatic rings. The van der Waals surface area contributed by atoms with Gasteiger partial charge in [0.05, 0.1) is 24.3 Å². The van der Waals surface area contributed by atoms with Crippen LogP contribution in [-0.2, 0) is 25.8 Å². The van der Waals surface area contributed by atoms with Gasteiger partial charge in [-0.05, 0) is 24.6 Å². The standard InChI is InChI=1S/C30H31F4N7O2/c1-20-27(39-14-12-38(13-15-39)17-22-16-36-10-11-37-22)28(42)41(19-26(35)21-6-3-2-4-7-21)29(43)40(20)18-23-24(30(32,33)34)8-5-9-25(23)31/h2-11,16,26H,12-15,17-19,35H2,1H3/t26-/m0/s1. The fourth-order valence-electron chi connectivity index (χ4n) is 5.41. The lowest BCUT2D eigenvalue weighted by Crippen LogP contribution is -2.51. The molecule has 0 bridgehead atoms. The van der Waals surface area contributed by atoms with Crippen LogP contribution in [0.2, 0.25) is 0 Å². The molecule has 2 aromatic carbocycles. The number of rotatable bonds is 8. The maximum absolute atomic E-state index is 14.9. The molecule has 1 aliphatic rings. The molecule has 2 aromatic heterocycles.